The maximum absolute atomic E-state index is 12.4. The number of nitrogens with one attached hydrogen (secondary N) is 1. The van der Waals surface area contributed by atoms with Crippen molar-refractivity contribution >= 4 is 33.1 Å². The van der Waals surface area contributed by atoms with Crippen molar-refractivity contribution in [3.05, 3.63) is 41.8 Å². The van der Waals surface area contributed by atoms with Gasteiger partial charge in [-0.1, -0.05) is 17.7 Å². The Balaban J connectivity index is 2.11. The van der Waals surface area contributed by atoms with Crippen molar-refractivity contribution in [2.75, 3.05) is 4.72 Å². The van der Waals surface area contributed by atoms with Crippen LogP contribution in [0.5, 0.6) is 0 Å². The second kappa shape index (κ2) is 4.50. The molecule has 7 nitrogen and oxygen atoms in total. The Morgan fingerprint density at radius 1 is 1.25 bits per heavy atom. The molecule has 0 spiro atoms. The fourth-order valence-corrected chi connectivity index (χ4v) is 3.48. The lowest BCUT2D eigenvalue weighted by molar-refractivity contribution is 0.596. The standard InChI is InChI=1S/C11H10ClN5O2S/c1-16-7-5-8(14-16)15-20(18,19)11-10(12)13-9-4-2-3-6-17(9)11/h2-7H,1H3,(H,14,15). The van der Waals surface area contributed by atoms with Crippen molar-refractivity contribution in [1.82, 2.24) is 19.2 Å². The summed E-state index contributed by atoms with van der Waals surface area (Å²) in [4.78, 5) is 4.01. The minimum Gasteiger partial charge on any atom is -0.288 e. The highest BCUT2D eigenvalue weighted by molar-refractivity contribution is 7.92. The normalized spacial score (nSPS) is 11.9. The van der Waals surface area contributed by atoms with E-state index in [9.17, 15) is 8.42 Å². The van der Waals surface area contributed by atoms with Gasteiger partial charge in [-0.2, -0.15) is 13.5 Å². The molecule has 0 saturated heterocycles. The monoisotopic (exact) mass is 311 g/mol. The first-order valence-corrected chi connectivity index (χ1v) is 7.48. The quantitative estimate of drug-likeness (QED) is 0.795. The van der Waals surface area contributed by atoms with E-state index >= 15 is 0 Å². The smallest absolute Gasteiger partial charge is 0.282 e. The summed E-state index contributed by atoms with van der Waals surface area (Å²) in [5.74, 6) is 0.217. The van der Waals surface area contributed by atoms with E-state index in [1.165, 1.54) is 9.08 Å². The average molecular weight is 312 g/mol. The summed E-state index contributed by atoms with van der Waals surface area (Å²) in [5.41, 5.74) is 0.457. The molecule has 0 atom stereocenters. The summed E-state index contributed by atoms with van der Waals surface area (Å²) in [6, 6.07) is 6.67. The number of aromatic nitrogens is 4. The predicted molar refractivity (Wildman–Crippen MR) is 74.2 cm³/mol. The summed E-state index contributed by atoms with van der Waals surface area (Å²) in [5, 5.41) is 3.77. The average Bonchev–Trinajstić information content (AvgIpc) is 2.91. The highest BCUT2D eigenvalue weighted by Crippen LogP contribution is 2.24. The number of hydrogen-bond acceptors (Lipinski definition) is 4. The van der Waals surface area contributed by atoms with Gasteiger partial charge < -0.3 is 0 Å². The lowest BCUT2D eigenvalue weighted by atomic mass is 10.5. The lowest BCUT2D eigenvalue weighted by Crippen LogP contribution is -2.16. The number of aryl methyl sites for hydroxylation is 1. The first kappa shape index (κ1) is 12.9. The topological polar surface area (TPSA) is 81.3 Å². The van der Waals surface area contributed by atoms with Gasteiger partial charge in [0.1, 0.15) is 5.65 Å². The Labute approximate surface area is 119 Å². The van der Waals surface area contributed by atoms with Crippen molar-refractivity contribution in [1.29, 1.82) is 0 Å². The van der Waals surface area contributed by atoms with E-state index in [1.54, 1.807) is 43.7 Å². The molecular weight excluding hydrogens is 302 g/mol. The van der Waals surface area contributed by atoms with Gasteiger partial charge in [0.05, 0.1) is 0 Å². The number of rotatable bonds is 3. The number of halogens is 1. The molecule has 0 unspecified atom stereocenters. The number of imidazole rings is 1. The van der Waals surface area contributed by atoms with Crippen LogP contribution in [0.25, 0.3) is 5.65 Å². The molecule has 1 N–H and O–H groups in total. The van der Waals surface area contributed by atoms with Gasteiger partial charge in [0.25, 0.3) is 10.0 Å². The molecule has 3 aromatic heterocycles. The van der Waals surface area contributed by atoms with Crippen LogP contribution in [0.2, 0.25) is 5.15 Å². The van der Waals surface area contributed by atoms with Gasteiger partial charge in [0.2, 0.25) is 0 Å². The predicted octanol–water partition coefficient (Wildman–Crippen LogP) is 1.52. The van der Waals surface area contributed by atoms with Gasteiger partial charge in [-0.15, -0.1) is 0 Å². The van der Waals surface area contributed by atoms with E-state index in [-0.39, 0.29) is 16.0 Å². The molecule has 0 bridgehead atoms. The van der Waals surface area contributed by atoms with Crippen molar-refractivity contribution < 1.29 is 8.42 Å². The Morgan fingerprint density at radius 2 is 2.05 bits per heavy atom. The molecule has 0 fully saturated rings. The fourth-order valence-electron chi connectivity index (χ4n) is 1.84. The molecule has 0 amide bonds. The summed E-state index contributed by atoms with van der Waals surface area (Å²) < 4.78 is 30.1. The van der Waals surface area contributed by atoms with Gasteiger partial charge in [-0.25, -0.2) is 4.98 Å². The van der Waals surface area contributed by atoms with Crippen LogP contribution in [-0.4, -0.2) is 27.6 Å². The minimum absolute atomic E-state index is 0.0837. The van der Waals surface area contributed by atoms with E-state index < -0.39 is 10.0 Å². The molecule has 3 heterocycles. The number of anilines is 1. The molecule has 104 valence electrons. The number of nitrogens with zero attached hydrogens (tertiary/aromatic N) is 4. The third kappa shape index (κ3) is 2.12. The van der Waals surface area contributed by atoms with E-state index in [0.29, 0.717) is 5.65 Å². The Bertz CT molecular complexity index is 883. The molecular formula is C11H10ClN5O2S. The minimum atomic E-state index is -3.87. The highest BCUT2D eigenvalue weighted by atomic mass is 35.5. The molecule has 0 aliphatic heterocycles. The van der Waals surface area contributed by atoms with E-state index in [1.807, 2.05) is 0 Å². The van der Waals surface area contributed by atoms with Crippen LogP contribution in [0.1, 0.15) is 0 Å². The summed E-state index contributed by atoms with van der Waals surface area (Å²) in [6.07, 6.45) is 3.22. The molecule has 3 rings (SSSR count). The number of pyridine rings is 1. The van der Waals surface area contributed by atoms with Crippen molar-refractivity contribution in [3.8, 4) is 0 Å². The molecule has 9 heteroatoms. The second-order valence-corrected chi connectivity index (χ2v) is 6.07. The first-order valence-electron chi connectivity index (χ1n) is 5.62. The van der Waals surface area contributed by atoms with Crippen LogP contribution in [0.3, 0.4) is 0 Å². The molecule has 3 aromatic rings. The fraction of sp³-hybridized carbons (Fsp3) is 0.0909. The zero-order chi connectivity index (χ0) is 14.3. The molecule has 0 aliphatic carbocycles. The van der Waals surface area contributed by atoms with E-state index in [0.717, 1.165) is 0 Å². The number of fused-ring (bicyclic) bond motifs is 1. The van der Waals surface area contributed by atoms with Crippen molar-refractivity contribution in [2.24, 2.45) is 7.05 Å². The van der Waals surface area contributed by atoms with Crippen molar-refractivity contribution in [3.63, 3.8) is 0 Å². The third-order valence-electron chi connectivity index (χ3n) is 2.65. The Hall–Kier alpha value is -2.06. The largest absolute Gasteiger partial charge is 0.288 e. The molecule has 0 aliphatic rings. The first-order chi connectivity index (χ1) is 9.47. The van der Waals surface area contributed by atoms with E-state index in [2.05, 4.69) is 14.8 Å². The number of hydrogen-bond donors (Lipinski definition) is 1. The van der Waals surface area contributed by atoms with Crippen molar-refractivity contribution in [2.45, 2.75) is 5.03 Å². The second-order valence-electron chi connectivity index (χ2n) is 4.12. The summed E-state index contributed by atoms with van der Waals surface area (Å²) in [6.45, 7) is 0. The highest BCUT2D eigenvalue weighted by Gasteiger charge is 2.25. The third-order valence-corrected chi connectivity index (χ3v) is 4.41. The molecule has 20 heavy (non-hydrogen) atoms. The SMILES string of the molecule is Cn1ccc(NS(=O)(=O)c2c(Cl)nc3ccccn23)n1. The zero-order valence-corrected chi connectivity index (χ0v) is 11.9. The van der Waals surface area contributed by atoms with Gasteiger partial charge in [0, 0.05) is 25.5 Å². The maximum Gasteiger partial charge on any atom is 0.282 e. The van der Waals surface area contributed by atoms with Gasteiger partial charge >= 0.3 is 0 Å². The van der Waals surface area contributed by atoms with Crippen LogP contribution in [0.4, 0.5) is 5.82 Å². The van der Waals surface area contributed by atoms with Gasteiger partial charge in [-0.05, 0) is 12.1 Å². The lowest BCUT2D eigenvalue weighted by Gasteiger charge is -2.05. The van der Waals surface area contributed by atoms with Crippen LogP contribution < -0.4 is 4.72 Å². The number of sulfonamides is 1. The Kier molecular flexibility index (Phi) is 2.91. The van der Waals surface area contributed by atoms with Crippen LogP contribution in [0, 0.1) is 0 Å². The van der Waals surface area contributed by atoms with Crippen LogP contribution >= 0.6 is 11.6 Å². The van der Waals surface area contributed by atoms with Gasteiger partial charge in [-0.3, -0.25) is 13.8 Å². The molecule has 0 saturated carbocycles. The summed E-state index contributed by atoms with van der Waals surface area (Å²) in [7, 11) is -2.18. The molecule has 0 aromatic carbocycles. The van der Waals surface area contributed by atoms with E-state index in [4.69, 9.17) is 11.6 Å². The zero-order valence-electron chi connectivity index (χ0n) is 10.4. The maximum atomic E-state index is 12.4. The van der Waals surface area contributed by atoms with Crippen LogP contribution in [0.15, 0.2) is 41.7 Å². The van der Waals surface area contributed by atoms with Gasteiger partial charge in [0.15, 0.2) is 16.0 Å². The Morgan fingerprint density at radius 3 is 2.75 bits per heavy atom. The summed E-state index contributed by atoms with van der Waals surface area (Å²) >= 11 is 5.95. The van der Waals surface area contributed by atoms with Crippen LogP contribution in [-0.2, 0) is 17.1 Å². The molecule has 0 radical (unpaired) electrons.